The van der Waals surface area contributed by atoms with Crippen LogP contribution in [0.3, 0.4) is 0 Å². The van der Waals surface area contributed by atoms with Crippen LogP contribution in [0.2, 0.25) is 5.02 Å². The molecule has 0 spiro atoms. The van der Waals surface area contributed by atoms with E-state index in [1.165, 1.54) is 0 Å². The largest absolute Gasteiger partial charge is 0.323 e. The van der Waals surface area contributed by atoms with Crippen molar-refractivity contribution in [2.75, 3.05) is 5.43 Å². The van der Waals surface area contributed by atoms with Gasteiger partial charge in [-0.25, -0.2) is 0 Å². The van der Waals surface area contributed by atoms with E-state index < -0.39 is 0 Å². The Labute approximate surface area is 75.7 Å². The van der Waals surface area contributed by atoms with Crippen LogP contribution in [0.1, 0.15) is 11.1 Å². The Morgan fingerprint density at radius 3 is 2.75 bits per heavy atom. The number of hydrazine groups is 1. The molecular weight excluding hydrogens is 174 g/mol. The zero-order valence-corrected chi connectivity index (χ0v) is 7.31. The number of nitriles is 1. The van der Waals surface area contributed by atoms with E-state index in [1.54, 1.807) is 12.1 Å². The van der Waals surface area contributed by atoms with Crippen LogP contribution < -0.4 is 11.3 Å². The van der Waals surface area contributed by atoms with Gasteiger partial charge < -0.3 is 5.43 Å². The van der Waals surface area contributed by atoms with Gasteiger partial charge in [0.25, 0.3) is 0 Å². The monoisotopic (exact) mass is 181 g/mol. The third-order valence-electron chi connectivity index (χ3n) is 1.62. The summed E-state index contributed by atoms with van der Waals surface area (Å²) in [6.07, 6.45) is 0. The molecule has 62 valence electrons. The van der Waals surface area contributed by atoms with Crippen LogP contribution in [0.15, 0.2) is 12.1 Å². The first-order valence-corrected chi connectivity index (χ1v) is 3.74. The summed E-state index contributed by atoms with van der Waals surface area (Å²) in [6, 6.07) is 5.54. The number of rotatable bonds is 1. The predicted octanol–water partition coefficient (Wildman–Crippen LogP) is 1.81. The van der Waals surface area contributed by atoms with E-state index in [-0.39, 0.29) is 0 Å². The molecule has 0 aliphatic carbocycles. The Bertz CT molecular complexity index is 341. The van der Waals surface area contributed by atoms with Crippen molar-refractivity contribution in [2.24, 2.45) is 5.84 Å². The van der Waals surface area contributed by atoms with Crippen LogP contribution in [0.4, 0.5) is 5.69 Å². The lowest BCUT2D eigenvalue weighted by Crippen LogP contribution is -2.07. The molecule has 0 saturated heterocycles. The SMILES string of the molecule is Cc1ccc(NN)c(Cl)c1C#N. The van der Waals surface area contributed by atoms with Crippen molar-refractivity contribution in [1.82, 2.24) is 0 Å². The highest BCUT2D eigenvalue weighted by molar-refractivity contribution is 6.34. The summed E-state index contributed by atoms with van der Waals surface area (Å²) in [6.45, 7) is 1.82. The van der Waals surface area contributed by atoms with Crippen molar-refractivity contribution in [3.8, 4) is 6.07 Å². The van der Waals surface area contributed by atoms with E-state index in [1.807, 2.05) is 13.0 Å². The van der Waals surface area contributed by atoms with Gasteiger partial charge in [0, 0.05) is 0 Å². The molecule has 0 aliphatic heterocycles. The minimum absolute atomic E-state index is 0.375. The molecule has 0 heterocycles. The second kappa shape index (κ2) is 3.44. The highest BCUT2D eigenvalue weighted by atomic mass is 35.5. The summed E-state index contributed by atoms with van der Waals surface area (Å²) < 4.78 is 0. The molecule has 0 aliphatic rings. The summed E-state index contributed by atoms with van der Waals surface area (Å²) in [4.78, 5) is 0. The molecular formula is C8H8ClN3. The van der Waals surface area contributed by atoms with Crippen molar-refractivity contribution >= 4 is 17.3 Å². The molecule has 0 saturated carbocycles. The molecule has 3 nitrogen and oxygen atoms in total. The van der Waals surface area contributed by atoms with Gasteiger partial charge in [-0.1, -0.05) is 17.7 Å². The average Bonchev–Trinajstić information content (AvgIpc) is 2.06. The van der Waals surface area contributed by atoms with Crippen molar-refractivity contribution in [2.45, 2.75) is 6.92 Å². The predicted molar refractivity (Wildman–Crippen MR) is 48.7 cm³/mol. The summed E-state index contributed by atoms with van der Waals surface area (Å²) in [7, 11) is 0. The highest BCUT2D eigenvalue weighted by Gasteiger charge is 2.06. The molecule has 0 aromatic heterocycles. The summed E-state index contributed by atoms with van der Waals surface area (Å²) in [5.74, 6) is 5.18. The van der Waals surface area contributed by atoms with Crippen molar-refractivity contribution in [1.29, 1.82) is 5.26 Å². The third-order valence-corrected chi connectivity index (χ3v) is 2.01. The standard InChI is InChI=1S/C8H8ClN3/c1-5-2-3-7(12-11)8(9)6(5)4-10/h2-3,12H,11H2,1H3. The number of nitrogen functional groups attached to an aromatic ring is 1. The number of hydrogen-bond donors (Lipinski definition) is 2. The number of aryl methyl sites for hydroxylation is 1. The lowest BCUT2D eigenvalue weighted by atomic mass is 10.1. The number of nitrogens with one attached hydrogen (secondary N) is 1. The zero-order chi connectivity index (χ0) is 9.14. The van der Waals surface area contributed by atoms with Crippen LogP contribution in [-0.4, -0.2) is 0 Å². The van der Waals surface area contributed by atoms with Crippen LogP contribution in [0, 0.1) is 18.3 Å². The molecule has 0 bridgehead atoms. The van der Waals surface area contributed by atoms with Gasteiger partial charge in [0.1, 0.15) is 6.07 Å². The number of benzene rings is 1. The minimum atomic E-state index is 0.375. The maximum atomic E-state index is 8.72. The maximum Gasteiger partial charge on any atom is 0.101 e. The van der Waals surface area contributed by atoms with Crippen LogP contribution in [0.25, 0.3) is 0 Å². The summed E-state index contributed by atoms with van der Waals surface area (Å²) in [5.41, 5.74) is 4.30. The molecule has 3 N–H and O–H groups in total. The van der Waals surface area contributed by atoms with Gasteiger partial charge >= 0.3 is 0 Å². The van der Waals surface area contributed by atoms with Crippen molar-refractivity contribution in [3.63, 3.8) is 0 Å². The first kappa shape index (κ1) is 8.85. The fourth-order valence-electron chi connectivity index (χ4n) is 0.921. The zero-order valence-electron chi connectivity index (χ0n) is 6.56. The van der Waals surface area contributed by atoms with E-state index in [0.717, 1.165) is 5.56 Å². The molecule has 0 amide bonds. The molecule has 0 fully saturated rings. The molecule has 0 atom stereocenters. The molecule has 1 rings (SSSR count). The van der Waals surface area contributed by atoms with Crippen molar-refractivity contribution in [3.05, 3.63) is 28.3 Å². The van der Waals surface area contributed by atoms with Gasteiger partial charge in [-0.15, -0.1) is 0 Å². The molecule has 0 unspecified atom stereocenters. The van der Waals surface area contributed by atoms with E-state index in [2.05, 4.69) is 5.43 Å². The van der Waals surface area contributed by atoms with E-state index in [0.29, 0.717) is 16.3 Å². The Balaban J connectivity index is 3.36. The smallest absolute Gasteiger partial charge is 0.101 e. The Hall–Kier alpha value is -1.24. The number of anilines is 1. The van der Waals surface area contributed by atoms with Gasteiger partial charge in [0.2, 0.25) is 0 Å². The van der Waals surface area contributed by atoms with Crippen LogP contribution in [-0.2, 0) is 0 Å². The molecule has 1 aromatic rings. The fraction of sp³-hybridized carbons (Fsp3) is 0.125. The second-order valence-corrected chi connectivity index (χ2v) is 2.75. The van der Waals surface area contributed by atoms with Crippen LogP contribution in [0.5, 0.6) is 0 Å². The lowest BCUT2D eigenvalue weighted by molar-refractivity contribution is 1.32. The first-order valence-electron chi connectivity index (χ1n) is 3.36. The number of nitrogens with zero attached hydrogens (tertiary/aromatic N) is 1. The first-order chi connectivity index (χ1) is 5.70. The lowest BCUT2D eigenvalue weighted by Gasteiger charge is -2.05. The fourth-order valence-corrected chi connectivity index (χ4v) is 1.23. The van der Waals surface area contributed by atoms with Gasteiger partial charge in [-0.05, 0) is 18.6 Å². The number of halogens is 1. The summed E-state index contributed by atoms with van der Waals surface area (Å²) >= 11 is 5.85. The van der Waals surface area contributed by atoms with Gasteiger partial charge in [-0.3, -0.25) is 5.84 Å². The highest BCUT2D eigenvalue weighted by Crippen LogP contribution is 2.26. The maximum absolute atomic E-state index is 8.72. The third kappa shape index (κ3) is 1.35. The Kier molecular flexibility index (Phi) is 2.54. The molecule has 4 heteroatoms. The van der Waals surface area contributed by atoms with E-state index in [4.69, 9.17) is 22.7 Å². The second-order valence-electron chi connectivity index (χ2n) is 2.38. The van der Waals surface area contributed by atoms with Gasteiger partial charge in [0.15, 0.2) is 0 Å². The van der Waals surface area contributed by atoms with Crippen molar-refractivity contribution < 1.29 is 0 Å². The molecule has 0 radical (unpaired) electrons. The summed E-state index contributed by atoms with van der Waals surface area (Å²) in [5, 5.41) is 9.09. The number of nitrogens with two attached hydrogens (primary N) is 1. The molecule has 12 heavy (non-hydrogen) atoms. The van der Waals surface area contributed by atoms with Gasteiger partial charge in [-0.2, -0.15) is 5.26 Å². The average molecular weight is 182 g/mol. The van der Waals surface area contributed by atoms with E-state index in [9.17, 15) is 0 Å². The van der Waals surface area contributed by atoms with E-state index >= 15 is 0 Å². The Morgan fingerprint density at radius 2 is 2.25 bits per heavy atom. The quantitative estimate of drug-likeness (QED) is 0.513. The van der Waals surface area contributed by atoms with Gasteiger partial charge in [0.05, 0.1) is 16.3 Å². The molecule has 1 aromatic carbocycles. The van der Waals surface area contributed by atoms with Crippen LogP contribution >= 0.6 is 11.6 Å². The number of hydrogen-bond acceptors (Lipinski definition) is 3. The normalized spacial score (nSPS) is 9.17. The Morgan fingerprint density at radius 1 is 1.58 bits per heavy atom. The minimum Gasteiger partial charge on any atom is -0.323 e. The topological polar surface area (TPSA) is 61.8 Å².